The number of halogens is 1. The van der Waals surface area contributed by atoms with Crippen molar-refractivity contribution in [1.82, 2.24) is 24.6 Å². The molecule has 34 heavy (non-hydrogen) atoms. The second kappa shape index (κ2) is 8.57. The van der Waals surface area contributed by atoms with Crippen molar-refractivity contribution in [1.29, 1.82) is 0 Å². The molecule has 1 amide bonds. The predicted octanol–water partition coefficient (Wildman–Crippen LogP) is 3.51. The summed E-state index contributed by atoms with van der Waals surface area (Å²) < 4.78 is 1.80. The number of amides is 1. The lowest BCUT2D eigenvalue weighted by Gasteiger charge is -2.35. The highest BCUT2D eigenvalue weighted by Crippen LogP contribution is 2.30. The van der Waals surface area contributed by atoms with Crippen molar-refractivity contribution in [3.63, 3.8) is 0 Å². The molecule has 2 fully saturated rings. The number of benzene rings is 1. The third-order valence-corrected chi connectivity index (χ3v) is 6.48. The molecule has 1 saturated carbocycles. The first-order chi connectivity index (χ1) is 16.6. The van der Waals surface area contributed by atoms with Gasteiger partial charge < -0.3 is 9.80 Å². The molecule has 0 atom stereocenters. The summed E-state index contributed by atoms with van der Waals surface area (Å²) in [6.07, 6.45) is 5.60. The van der Waals surface area contributed by atoms with Gasteiger partial charge in [-0.15, -0.1) is 5.10 Å². The van der Waals surface area contributed by atoms with E-state index >= 15 is 0 Å². The first kappa shape index (κ1) is 20.9. The third kappa shape index (κ3) is 4.14. The van der Waals surface area contributed by atoms with Crippen molar-refractivity contribution in [2.75, 3.05) is 41.3 Å². The lowest BCUT2D eigenvalue weighted by Crippen LogP contribution is -2.47. The summed E-state index contributed by atoms with van der Waals surface area (Å²) in [5.41, 5.74) is 2.71. The monoisotopic (exact) mass is 474 g/mol. The van der Waals surface area contributed by atoms with Gasteiger partial charge in [0.1, 0.15) is 5.82 Å². The van der Waals surface area contributed by atoms with Gasteiger partial charge in [-0.2, -0.15) is 9.50 Å². The molecule has 4 aromatic rings. The van der Waals surface area contributed by atoms with E-state index < -0.39 is 0 Å². The van der Waals surface area contributed by atoms with Crippen LogP contribution in [0.3, 0.4) is 0 Å². The van der Waals surface area contributed by atoms with E-state index in [1.807, 2.05) is 54.9 Å². The zero-order valence-electron chi connectivity index (χ0n) is 18.4. The number of carbonyl (C=O) groups is 1. The number of piperazine rings is 1. The van der Waals surface area contributed by atoms with Crippen LogP contribution in [-0.2, 0) is 4.79 Å². The maximum atomic E-state index is 12.1. The van der Waals surface area contributed by atoms with Crippen LogP contribution in [0.25, 0.3) is 16.8 Å². The molecule has 1 saturated heterocycles. The number of pyridine rings is 1. The predicted molar refractivity (Wildman–Crippen MR) is 131 cm³/mol. The van der Waals surface area contributed by atoms with Gasteiger partial charge in [0.2, 0.25) is 17.8 Å². The Bertz CT molecular complexity index is 1330. The largest absolute Gasteiger partial charge is 0.353 e. The van der Waals surface area contributed by atoms with Crippen LogP contribution in [0.5, 0.6) is 0 Å². The number of carbonyl (C=O) groups excluding carboxylic acids is 1. The maximum absolute atomic E-state index is 12.1. The Morgan fingerprint density at radius 1 is 0.912 bits per heavy atom. The zero-order chi connectivity index (χ0) is 23.1. The second-order valence-electron chi connectivity index (χ2n) is 8.61. The summed E-state index contributed by atoms with van der Waals surface area (Å²) in [5, 5.41) is 8.09. The molecule has 10 heteroatoms. The smallest absolute Gasteiger partial charge is 0.249 e. The minimum absolute atomic E-state index is 0.00755. The Balaban J connectivity index is 1.14. The van der Waals surface area contributed by atoms with Crippen LogP contribution in [0.15, 0.2) is 54.9 Å². The molecule has 2 aliphatic rings. The minimum atomic E-state index is 0.00755. The fraction of sp³-hybridized carbons (Fsp3) is 0.292. The molecule has 1 aliphatic carbocycles. The average Bonchev–Trinajstić information content (AvgIpc) is 3.65. The summed E-state index contributed by atoms with van der Waals surface area (Å²) in [4.78, 5) is 30.2. The van der Waals surface area contributed by atoms with Gasteiger partial charge in [-0.3, -0.25) is 10.1 Å². The molecule has 3 aromatic heterocycles. The fourth-order valence-electron chi connectivity index (χ4n) is 4.15. The quantitative estimate of drug-likeness (QED) is 0.473. The highest BCUT2D eigenvalue weighted by atomic mass is 35.5. The molecular formula is C24H23ClN8O. The summed E-state index contributed by atoms with van der Waals surface area (Å²) >= 11 is 5.98. The van der Waals surface area contributed by atoms with Gasteiger partial charge in [0, 0.05) is 55.1 Å². The van der Waals surface area contributed by atoms with Crippen molar-refractivity contribution in [3.8, 4) is 11.1 Å². The van der Waals surface area contributed by atoms with Crippen molar-refractivity contribution in [2.45, 2.75) is 12.8 Å². The van der Waals surface area contributed by atoms with E-state index in [2.05, 4.69) is 35.2 Å². The van der Waals surface area contributed by atoms with Gasteiger partial charge in [-0.05, 0) is 42.7 Å². The van der Waals surface area contributed by atoms with Crippen molar-refractivity contribution < 1.29 is 4.79 Å². The molecule has 1 aromatic carbocycles. The number of nitrogens with one attached hydrogen (secondary N) is 1. The Morgan fingerprint density at radius 2 is 1.62 bits per heavy atom. The van der Waals surface area contributed by atoms with E-state index in [4.69, 9.17) is 11.6 Å². The molecule has 0 radical (unpaired) electrons. The number of aromatic nitrogens is 5. The van der Waals surface area contributed by atoms with Crippen molar-refractivity contribution in [3.05, 3.63) is 59.9 Å². The van der Waals surface area contributed by atoms with E-state index in [-0.39, 0.29) is 11.8 Å². The number of rotatable bonds is 5. The molecule has 0 unspecified atom stereocenters. The van der Waals surface area contributed by atoms with Crippen LogP contribution >= 0.6 is 11.6 Å². The van der Waals surface area contributed by atoms with Gasteiger partial charge in [0.15, 0.2) is 5.65 Å². The van der Waals surface area contributed by atoms with E-state index in [1.54, 1.807) is 4.52 Å². The Morgan fingerprint density at radius 3 is 2.32 bits per heavy atom. The molecule has 9 nitrogen and oxygen atoms in total. The first-order valence-corrected chi connectivity index (χ1v) is 11.8. The van der Waals surface area contributed by atoms with Gasteiger partial charge in [-0.25, -0.2) is 9.97 Å². The minimum Gasteiger partial charge on any atom is -0.353 e. The number of hydrogen-bond donors (Lipinski definition) is 1. The summed E-state index contributed by atoms with van der Waals surface area (Å²) in [7, 11) is 0. The summed E-state index contributed by atoms with van der Waals surface area (Å²) in [6, 6.07) is 13.6. The topological polar surface area (TPSA) is 91.5 Å². The lowest BCUT2D eigenvalue weighted by molar-refractivity contribution is -0.117. The average molecular weight is 475 g/mol. The van der Waals surface area contributed by atoms with Crippen LogP contribution in [0.2, 0.25) is 5.02 Å². The normalized spacial score (nSPS) is 16.1. The molecule has 0 spiro atoms. The number of hydrogen-bond acceptors (Lipinski definition) is 7. The van der Waals surface area contributed by atoms with Crippen LogP contribution in [-0.4, -0.2) is 56.7 Å². The van der Waals surface area contributed by atoms with E-state index in [1.165, 1.54) is 0 Å². The van der Waals surface area contributed by atoms with Crippen LogP contribution in [0.1, 0.15) is 12.8 Å². The Labute approximate surface area is 201 Å². The molecule has 1 aliphatic heterocycles. The molecule has 1 N–H and O–H groups in total. The summed E-state index contributed by atoms with van der Waals surface area (Å²) in [5.74, 6) is 2.16. The second-order valence-corrected chi connectivity index (χ2v) is 9.04. The van der Waals surface area contributed by atoms with Gasteiger partial charge in [0.05, 0.1) is 0 Å². The molecule has 0 bridgehead atoms. The van der Waals surface area contributed by atoms with Crippen molar-refractivity contribution >= 4 is 40.9 Å². The SMILES string of the molecule is O=C(Nc1nc2cccc(N3CCN(c4ncc(-c5ccc(Cl)cc5)cn4)CC3)n2n1)C1CC1. The Hall–Kier alpha value is -3.72. The Kier molecular flexibility index (Phi) is 5.26. The maximum Gasteiger partial charge on any atom is 0.249 e. The van der Waals surface area contributed by atoms with Crippen LogP contribution in [0, 0.1) is 5.92 Å². The van der Waals surface area contributed by atoms with E-state index in [0.29, 0.717) is 16.6 Å². The highest BCUT2D eigenvalue weighted by molar-refractivity contribution is 6.30. The van der Waals surface area contributed by atoms with E-state index in [0.717, 1.165) is 61.9 Å². The fourth-order valence-corrected chi connectivity index (χ4v) is 4.28. The highest BCUT2D eigenvalue weighted by Gasteiger charge is 2.30. The van der Waals surface area contributed by atoms with Crippen LogP contribution in [0.4, 0.5) is 17.7 Å². The standard InChI is InChI=1S/C24H23ClN8O/c25-19-8-6-16(7-9-19)18-14-26-24(27-15-18)32-12-10-31(11-13-32)21-3-1-2-20-28-23(30-33(20)21)29-22(34)17-4-5-17/h1-3,6-9,14-15,17H,4-5,10-13H2,(H,29,30,34). The van der Waals surface area contributed by atoms with Gasteiger partial charge >= 0.3 is 0 Å². The zero-order valence-corrected chi connectivity index (χ0v) is 19.2. The lowest BCUT2D eigenvalue weighted by atomic mass is 10.1. The van der Waals surface area contributed by atoms with E-state index in [9.17, 15) is 4.79 Å². The van der Waals surface area contributed by atoms with Crippen molar-refractivity contribution in [2.24, 2.45) is 5.92 Å². The number of nitrogens with zero attached hydrogens (tertiary/aromatic N) is 7. The number of anilines is 3. The molecular weight excluding hydrogens is 452 g/mol. The number of fused-ring (bicyclic) bond motifs is 1. The summed E-state index contributed by atoms with van der Waals surface area (Å²) in [6.45, 7) is 3.17. The first-order valence-electron chi connectivity index (χ1n) is 11.4. The molecule has 6 rings (SSSR count). The van der Waals surface area contributed by atoms with Crippen LogP contribution < -0.4 is 15.1 Å². The van der Waals surface area contributed by atoms with Gasteiger partial charge in [0.25, 0.3) is 0 Å². The molecule has 4 heterocycles. The molecule has 172 valence electrons. The van der Waals surface area contributed by atoms with Gasteiger partial charge in [-0.1, -0.05) is 29.8 Å². The third-order valence-electron chi connectivity index (χ3n) is 6.23.